The van der Waals surface area contributed by atoms with Gasteiger partial charge in [-0.25, -0.2) is 4.98 Å². The molecule has 6 nitrogen and oxygen atoms in total. The predicted molar refractivity (Wildman–Crippen MR) is 122 cm³/mol. The first kappa shape index (κ1) is 20.6. The highest BCUT2D eigenvalue weighted by atomic mass is 32.1. The van der Waals surface area contributed by atoms with E-state index in [2.05, 4.69) is 31.6 Å². The molecule has 1 atom stereocenters. The van der Waals surface area contributed by atoms with Crippen LogP contribution in [0.2, 0.25) is 0 Å². The van der Waals surface area contributed by atoms with Gasteiger partial charge in [0.2, 0.25) is 11.9 Å². The van der Waals surface area contributed by atoms with E-state index in [1.807, 2.05) is 30.3 Å². The first-order valence-electron chi connectivity index (χ1n) is 10.4. The number of aromatic nitrogens is 2. The van der Waals surface area contributed by atoms with E-state index in [1.54, 1.807) is 15.9 Å². The Morgan fingerprint density at radius 1 is 1.27 bits per heavy atom. The molecule has 1 aliphatic rings. The summed E-state index contributed by atoms with van der Waals surface area (Å²) in [5.41, 5.74) is 7.76. The van der Waals surface area contributed by atoms with E-state index in [0.717, 1.165) is 35.0 Å². The van der Waals surface area contributed by atoms with Crippen molar-refractivity contribution in [1.29, 1.82) is 0 Å². The van der Waals surface area contributed by atoms with Crippen molar-refractivity contribution >= 4 is 33.4 Å². The van der Waals surface area contributed by atoms with Gasteiger partial charge in [0.25, 0.3) is 5.56 Å². The summed E-state index contributed by atoms with van der Waals surface area (Å²) in [6.45, 7) is 8.67. The van der Waals surface area contributed by atoms with Crippen molar-refractivity contribution in [2.45, 2.75) is 53.5 Å². The lowest BCUT2D eigenvalue weighted by Gasteiger charge is -2.33. The summed E-state index contributed by atoms with van der Waals surface area (Å²) in [5, 5.41) is 0.742. The molecule has 0 radical (unpaired) electrons. The van der Waals surface area contributed by atoms with Crippen molar-refractivity contribution in [3.8, 4) is 0 Å². The Hall–Kier alpha value is -2.67. The summed E-state index contributed by atoms with van der Waals surface area (Å²) in [5.74, 6) is 0.716. The molecular formula is C23H28N4O2S. The van der Waals surface area contributed by atoms with Crippen LogP contribution < -0.4 is 16.4 Å². The molecule has 0 aliphatic heterocycles. The number of benzene rings is 1. The predicted octanol–water partition coefficient (Wildman–Crippen LogP) is 4.12. The standard InChI is InChI=1S/C23H28N4O2S/c1-14(28)25-26-22-24-20-19(21(29)27(22)13-15-8-6-5-7-9-15)17-11-10-16(23(2,3)4)12-18(17)30-20/h5-9,16H,10-13H2,1-4H3,(H,24,26)(H,25,28). The second kappa shape index (κ2) is 7.87. The second-order valence-electron chi connectivity index (χ2n) is 9.11. The van der Waals surface area contributed by atoms with Gasteiger partial charge in [-0.1, -0.05) is 51.1 Å². The zero-order valence-corrected chi connectivity index (χ0v) is 18.7. The van der Waals surface area contributed by atoms with E-state index in [9.17, 15) is 9.59 Å². The lowest BCUT2D eigenvalue weighted by molar-refractivity contribution is -0.118. The van der Waals surface area contributed by atoms with Crippen molar-refractivity contribution in [2.24, 2.45) is 11.3 Å². The third-order valence-corrected chi connectivity index (χ3v) is 7.08. The molecule has 1 aromatic carbocycles. The van der Waals surface area contributed by atoms with Crippen LogP contribution in [0.1, 0.15) is 50.1 Å². The maximum Gasteiger partial charge on any atom is 0.264 e. The number of rotatable bonds is 4. The average Bonchev–Trinajstić information content (AvgIpc) is 3.06. The fourth-order valence-corrected chi connectivity index (χ4v) is 5.44. The van der Waals surface area contributed by atoms with Crippen LogP contribution in [0.4, 0.5) is 5.95 Å². The number of hydrogen-bond acceptors (Lipinski definition) is 5. The normalized spacial score (nSPS) is 16.3. The summed E-state index contributed by atoms with van der Waals surface area (Å²) < 4.78 is 1.62. The highest BCUT2D eigenvalue weighted by Gasteiger charge is 2.32. The Morgan fingerprint density at radius 2 is 2.00 bits per heavy atom. The van der Waals surface area contributed by atoms with E-state index in [1.165, 1.54) is 17.4 Å². The lowest BCUT2D eigenvalue weighted by atomic mass is 9.72. The van der Waals surface area contributed by atoms with Crippen molar-refractivity contribution in [1.82, 2.24) is 15.0 Å². The molecular weight excluding hydrogens is 396 g/mol. The zero-order chi connectivity index (χ0) is 21.5. The lowest BCUT2D eigenvalue weighted by Crippen LogP contribution is -2.33. The van der Waals surface area contributed by atoms with Crippen molar-refractivity contribution < 1.29 is 4.79 Å². The second-order valence-corrected chi connectivity index (χ2v) is 10.2. The van der Waals surface area contributed by atoms with Crippen molar-refractivity contribution in [3.05, 3.63) is 56.7 Å². The van der Waals surface area contributed by atoms with Crippen LogP contribution >= 0.6 is 11.3 Å². The Bertz CT molecular complexity index is 1140. The van der Waals surface area contributed by atoms with Gasteiger partial charge >= 0.3 is 0 Å². The van der Waals surface area contributed by atoms with Gasteiger partial charge < -0.3 is 0 Å². The number of carbonyl (C=O) groups is 1. The molecule has 2 heterocycles. The van der Waals surface area contributed by atoms with Crippen LogP contribution in [0.3, 0.4) is 0 Å². The summed E-state index contributed by atoms with van der Waals surface area (Å²) in [7, 11) is 0. The van der Waals surface area contributed by atoms with E-state index < -0.39 is 0 Å². The highest BCUT2D eigenvalue weighted by molar-refractivity contribution is 7.18. The molecule has 0 fully saturated rings. The molecule has 1 amide bonds. The fourth-order valence-electron chi connectivity index (χ4n) is 4.15. The first-order chi connectivity index (χ1) is 14.2. The van der Waals surface area contributed by atoms with Crippen LogP contribution in [-0.4, -0.2) is 15.5 Å². The van der Waals surface area contributed by atoms with Gasteiger partial charge in [-0.05, 0) is 41.7 Å². The van der Waals surface area contributed by atoms with Gasteiger partial charge in [-0.15, -0.1) is 11.3 Å². The number of nitrogens with zero attached hydrogens (tertiary/aromatic N) is 2. The Kier molecular flexibility index (Phi) is 5.40. The third-order valence-electron chi connectivity index (χ3n) is 5.93. The molecule has 4 rings (SSSR count). The number of carbonyl (C=O) groups excluding carboxylic acids is 1. The van der Waals surface area contributed by atoms with Crippen LogP contribution in [-0.2, 0) is 24.2 Å². The topological polar surface area (TPSA) is 76.0 Å². The average molecular weight is 425 g/mol. The van der Waals surface area contributed by atoms with Gasteiger partial charge in [0.05, 0.1) is 11.9 Å². The van der Waals surface area contributed by atoms with Gasteiger partial charge in [0.15, 0.2) is 0 Å². The summed E-state index contributed by atoms with van der Waals surface area (Å²) in [6.07, 6.45) is 3.00. The molecule has 1 aliphatic carbocycles. The molecule has 0 saturated heterocycles. The van der Waals surface area contributed by atoms with Crippen molar-refractivity contribution in [3.63, 3.8) is 0 Å². The Morgan fingerprint density at radius 3 is 2.67 bits per heavy atom. The number of anilines is 1. The maximum atomic E-state index is 13.6. The number of hydrogen-bond donors (Lipinski definition) is 2. The van der Waals surface area contributed by atoms with Crippen LogP contribution in [0.15, 0.2) is 35.1 Å². The summed E-state index contributed by atoms with van der Waals surface area (Å²) >= 11 is 1.62. The summed E-state index contributed by atoms with van der Waals surface area (Å²) in [6, 6.07) is 9.81. The molecule has 1 unspecified atom stereocenters. The quantitative estimate of drug-likeness (QED) is 0.618. The van der Waals surface area contributed by atoms with Gasteiger partial charge in [0, 0.05) is 11.8 Å². The number of aryl methyl sites for hydroxylation is 1. The van der Waals surface area contributed by atoms with Crippen LogP contribution in [0.5, 0.6) is 0 Å². The number of fused-ring (bicyclic) bond motifs is 3. The van der Waals surface area contributed by atoms with E-state index in [-0.39, 0.29) is 16.9 Å². The van der Waals surface area contributed by atoms with Gasteiger partial charge in [0.1, 0.15) is 4.83 Å². The van der Waals surface area contributed by atoms with Crippen molar-refractivity contribution in [2.75, 3.05) is 5.43 Å². The molecule has 158 valence electrons. The molecule has 7 heteroatoms. The van der Waals surface area contributed by atoms with E-state index in [0.29, 0.717) is 18.4 Å². The fraction of sp³-hybridized carbons (Fsp3) is 0.435. The van der Waals surface area contributed by atoms with E-state index >= 15 is 0 Å². The molecule has 2 N–H and O–H groups in total. The van der Waals surface area contributed by atoms with Crippen LogP contribution in [0.25, 0.3) is 10.2 Å². The minimum absolute atomic E-state index is 0.0524. The SMILES string of the molecule is CC(=O)NNc1nc2sc3c(c2c(=O)n1Cc1ccccc1)CCC(C(C)(C)C)C3. The largest absolute Gasteiger partial charge is 0.274 e. The molecule has 0 bridgehead atoms. The number of amides is 1. The number of thiophene rings is 1. The minimum atomic E-state index is -0.242. The molecule has 0 spiro atoms. The first-order valence-corrected chi connectivity index (χ1v) is 11.2. The molecule has 3 aromatic rings. The highest BCUT2D eigenvalue weighted by Crippen LogP contribution is 2.42. The number of hydrazine groups is 1. The van der Waals surface area contributed by atoms with Gasteiger partial charge in [-0.2, -0.15) is 0 Å². The molecule has 0 saturated carbocycles. The number of nitrogens with one attached hydrogen (secondary N) is 2. The Labute approximate surface area is 180 Å². The van der Waals surface area contributed by atoms with Crippen LogP contribution in [0, 0.1) is 11.3 Å². The molecule has 30 heavy (non-hydrogen) atoms. The smallest absolute Gasteiger partial charge is 0.264 e. The maximum absolute atomic E-state index is 13.6. The van der Waals surface area contributed by atoms with Gasteiger partial charge in [-0.3, -0.25) is 25.0 Å². The third kappa shape index (κ3) is 3.99. The minimum Gasteiger partial charge on any atom is -0.274 e. The van der Waals surface area contributed by atoms with E-state index in [4.69, 9.17) is 4.98 Å². The molecule has 2 aromatic heterocycles. The Balaban J connectivity index is 1.82. The monoisotopic (exact) mass is 424 g/mol. The summed E-state index contributed by atoms with van der Waals surface area (Å²) in [4.78, 5) is 31.8. The zero-order valence-electron chi connectivity index (χ0n) is 17.9.